The smallest absolute Gasteiger partial charge is 0.202 e. The van der Waals surface area contributed by atoms with Gasteiger partial charge in [0.2, 0.25) is 6.29 Å². The molecule has 0 aromatic heterocycles. The van der Waals surface area contributed by atoms with E-state index in [1.807, 2.05) is 24.3 Å². The van der Waals surface area contributed by atoms with Crippen molar-refractivity contribution in [2.75, 3.05) is 6.61 Å². The summed E-state index contributed by atoms with van der Waals surface area (Å²) in [6.07, 6.45) is 1.44. The fourth-order valence-corrected chi connectivity index (χ4v) is 3.11. The molecule has 2 aromatic carbocycles. The number of halogens is 1. The Morgan fingerprint density at radius 1 is 1.31 bits per heavy atom. The topological polar surface area (TPSA) is 55.8 Å². The average molecular weight is 358 g/mol. The van der Waals surface area contributed by atoms with Crippen LogP contribution < -0.4 is 4.74 Å². The second-order valence-electron chi connectivity index (χ2n) is 6.66. The van der Waals surface area contributed by atoms with Crippen molar-refractivity contribution in [2.45, 2.75) is 45.0 Å². The lowest BCUT2D eigenvalue weighted by atomic mass is 9.95. The van der Waals surface area contributed by atoms with Gasteiger partial charge in [0, 0.05) is 12.8 Å². The molecule has 0 spiro atoms. The van der Waals surface area contributed by atoms with Crippen LogP contribution in [0.4, 0.5) is 4.39 Å². The highest BCUT2D eigenvalue weighted by Gasteiger charge is 2.25. The maximum atomic E-state index is 13.7. The average Bonchev–Trinajstić information content (AvgIpc) is 3.00. The number of carbonyl (C=O) groups is 1. The van der Waals surface area contributed by atoms with Crippen LogP contribution in [0.15, 0.2) is 42.5 Å². The zero-order chi connectivity index (χ0) is 18.5. The molecule has 0 bridgehead atoms. The summed E-state index contributed by atoms with van der Waals surface area (Å²) in [5.41, 5.74) is 2.68. The molecular weight excluding hydrogens is 335 g/mol. The van der Waals surface area contributed by atoms with E-state index in [1.165, 1.54) is 12.1 Å². The molecular formula is C21H23FO4. The van der Waals surface area contributed by atoms with Crippen molar-refractivity contribution >= 4 is 5.78 Å². The number of ether oxygens (including phenoxy) is 2. The first-order valence-electron chi connectivity index (χ1n) is 8.86. The molecule has 5 heteroatoms. The molecule has 1 aliphatic rings. The van der Waals surface area contributed by atoms with Crippen LogP contribution in [0.1, 0.15) is 31.7 Å². The van der Waals surface area contributed by atoms with Crippen LogP contribution in [0.2, 0.25) is 0 Å². The SMILES string of the molecule is CC(=O)CCCc1ccc(OC2CC(O)CO2)cc1-c1cccc(F)c1. The van der Waals surface area contributed by atoms with Crippen LogP contribution in [0.5, 0.6) is 5.75 Å². The minimum absolute atomic E-state index is 0.161. The van der Waals surface area contributed by atoms with Gasteiger partial charge in [0.05, 0.1) is 12.7 Å². The summed E-state index contributed by atoms with van der Waals surface area (Å²) >= 11 is 0. The summed E-state index contributed by atoms with van der Waals surface area (Å²) in [5.74, 6) is 0.471. The lowest BCUT2D eigenvalue weighted by Gasteiger charge is -2.16. The van der Waals surface area contributed by atoms with Crippen LogP contribution in [-0.2, 0) is 16.0 Å². The van der Waals surface area contributed by atoms with Crippen molar-refractivity contribution in [1.82, 2.24) is 0 Å². The fourth-order valence-electron chi connectivity index (χ4n) is 3.11. The predicted octanol–water partition coefficient (Wildman–Crippen LogP) is 3.89. The molecule has 0 radical (unpaired) electrons. The van der Waals surface area contributed by atoms with E-state index in [-0.39, 0.29) is 18.2 Å². The van der Waals surface area contributed by atoms with E-state index < -0.39 is 12.4 Å². The molecule has 4 nitrogen and oxygen atoms in total. The highest BCUT2D eigenvalue weighted by atomic mass is 19.1. The molecule has 2 atom stereocenters. The number of rotatable bonds is 7. The Balaban J connectivity index is 1.85. The van der Waals surface area contributed by atoms with E-state index in [0.717, 1.165) is 29.5 Å². The quantitative estimate of drug-likeness (QED) is 0.816. The van der Waals surface area contributed by atoms with Crippen LogP contribution in [0, 0.1) is 5.82 Å². The molecule has 1 saturated heterocycles. The molecule has 2 unspecified atom stereocenters. The lowest BCUT2D eigenvalue weighted by Crippen LogP contribution is -2.15. The van der Waals surface area contributed by atoms with Crippen LogP contribution in [0.3, 0.4) is 0 Å². The molecule has 2 aromatic rings. The van der Waals surface area contributed by atoms with Gasteiger partial charge in [0.15, 0.2) is 0 Å². The highest BCUT2D eigenvalue weighted by Crippen LogP contribution is 2.31. The minimum Gasteiger partial charge on any atom is -0.465 e. The number of hydrogen-bond acceptors (Lipinski definition) is 4. The number of benzene rings is 2. The van der Waals surface area contributed by atoms with Crippen molar-refractivity contribution in [3.63, 3.8) is 0 Å². The highest BCUT2D eigenvalue weighted by molar-refractivity contribution is 5.75. The fraction of sp³-hybridized carbons (Fsp3) is 0.381. The van der Waals surface area contributed by atoms with Gasteiger partial charge in [-0.25, -0.2) is 4.39 Å². The van der Waals surface area contributed by atoms with E-state index in [0.29, 0.717) is 18.6 Å². The third-order valence-corrected chi connectivity index (χ3v) is 4.40. The monoisotopic (exact) mass is 358 g/mol. The number of aryl methyl sites for hydroxylation is 1. The van der Waals surface area contributed by atoms with Crippen molar-refractivity contribution in [3.8, 4) is 16.9 Å². The van der Waals surface area contributed by atoms with Gasteiger partial charge in [0.1, 0.15) is 17.3 Å². The Bertz CT molecular complexity index is 774. The van der Waals surface area contributed by atoms with E-state index in [2.05, 4.69) is 0 Å². The first kappa shape index (κ1) is 18.5. The summed E-state index contributed by atoms with van der Waals surface area (Å²) in [5, 5.41) is 9.55. The van der Waals surface area contributed by atoms with Gasteiger partial charge in [-0.3, -0.25) is 0 Å². The molecule has 0 aliphatic carbocycles. The third kappa shape index (κ3) is 4.90. The second-order valence-corrected chi connectivity index (χ2v) is 6.66. The summed E-state index contributed by atoms with van der Waals surface area (Å²) in [4.78, 5) is 11.2. The molecule has 1 fully saturated rings. The predicted molar refractivity (Wildman–Crippen MR) is 96.4 cm³/mol. The summed E-state index contributed by atoms with van der Waals surface area (Å²) < 4.78 is 24.9. The van der Waals surface area contributed by atoms with Crippen molar-refractivity contribution < 1.29 is 23.8 Å². The number of ketones is 1. The lowest BCUT2D eigenvalue weighted by molar-refractivity contribution is -0.117. The Morgan fingerprint density at radius 2 is 2.15 bits per heavy atom. The molecule has 1 aliphatic heterocycles. The maximum Gasteiger partial charge on any atom is 0.202 e. The van der Waals surface area contributed by atoms with Gasteiger partial charge in [-0.1, -0.05) is 18.2 Å². The second kappa shape index (κ2) is 8.43. The zero-order valence-corrected chi connectivity index (χ0v) is 14.8. The van der Waals surface area contributed by atoms with Gasteiger partial charge in [-0.05, 0) is 60.7 Å². The van der Waals surface area contributed by atoms with Gasteiger partial charge in [-0.2, -0.15) is 0 Å². The Kier molecular flexibility index (Phi) is 6.01. The minimum atomic E-state index is -0.506. The summed E-state index contributed by atoms with van der Waals surface area (Å²) in [6, 6.07) is 12.1. The number of Topliss-reactive ketones (excluding diaryl/α,β-unsaturated/α-hetero) is 1. The maximum absolute atomic E-state index is 13.7. The van der Waals surface area contributed by atoms with Crippen molar-refractivity contribution in [1.29, 1.82) is 0 Å². The Labute approximate surface area is 152 Å². The third-order valence-electron chi connectivity index (χ3n) is 4.40. The van der Waals surface area contributed by atoms with Crippen LogP contribution in [-0.4, -0.2) is 29.9 Å². The van der Waals surface area contributed by atoms with Crippen molar-refractivity contribution in [3.05, 3.63) is 53.8 Å². The largest absolute Gasteiger partial charge is 0.465 e. The standard InChI is InChI=1S/C21H23FO4/c1-14(23)4-2-5-15-8-9-19(26-21-11-18(24)13-25-21)12-20(15)16-6-3-7-17(22)10-16/h3,6-10,12,18,21,24H,2,4-5,11,13H2,1H3. The molecule has 138 valence electrons. The Hall–Kier alpha value is -2.24. The number of aliphatic hydroxyl groups excluding tert-OH is 1. The van der Waals surface area contributed by atoms with E-state index in [4.69, 9.17) is 9.47 Å². The van der Waals surface area contributed by atoms with Crippen molar-refractivity contribution in [2.24, 2.45) is 0 Å². The first-order chi connectivity index (χ1) is 12.5. The van der Waals surface area contributed by atoms with Crippen LogP contribution in [0.25, 0.3) is 11.1 Å². The number of aliphatic hydroxyl groups is 1. The van der Waals surface area contributed by atoms with Crippen LogP contribution >= 0.6 is 0 Å². The van der Waals surface area contributed by atoms with Gasteiger partial charge >= 0.3 is 0 Å². The van der Waals surface area contributed by atoms with E-state index in [1.54, 1.807) is 13.0 Å². The normalized spacial score (nSPS) is 19.5. The van der Waals surface area contributed by atoms with Gasteiger partial charge in [0.25, 0.3) is 0 Å². The molecule has 26 heavy (non-hydrogen) atoms. The summed E-state index contributed by atoms with van der Waals surface area (Å²) in [7, 11) is 0. The Morgan fingerprint density at radius 3 is 2.85 bits per heavy atom. The van der Waals surface area contributed by atoms with Gasteiger partial charge in [-0.15, -0.1) is 0 Å². The van der Waals surface area contributed by atoms with Gasteiger partial charge < -0.3 is 19.4 Å². The van der Waals surface area contributed by atoms with E-state index in [9.17, 15) is 14.3 Å². The number of hydrogen-bond donors (Lipinski definition) is 1. The van der Waals surface area contributed by atoms with E-state index >= 15 is 0 Å². The molecule has 1 N–H and O–H groups in total. The zero-order valence-electron chi connectivity index (χ0n) is 14.8. The molecule has 1 heterocycles. The molecule has 0 saturated carbocycles. The summed E-state index contributed by atoms with van der Waals surface area (Å²) in [6.45, 7) is 1.85. The number of carbonyl (C=O) groups excluding carboxylic acids is 1. The first-order valence-corrected chi connectivity index (χ1v) is 8.86. The molecule has 0 amide bonds. The molecule has 3 rings (SSSR count).